The molecule has 2 N–H and O–H groups in total. The zero-order valence-corrected chi connectivity index (χ0v) is 12.4. The molecule has 1 aliphatic rings. The molecule has 114 valence electrons. The molecule has 1 heterocycles. The van der Waals surface area contributed by atoms with Crippen LogP contribution in [0.15, 0.2) is 23.3 Å². The predicted molar refractivity (Wildman–Crippen MR) is 78.9 cm³/mol. The third-order valence-electron chi connectivity index (χ3n) is 3.36. The van der Waals surface area contributed by atoms with E-state index in [2.05, 4.69) is 10.5 Å². The van der Waals surface area contributed by atoms with Crippen molar-refractivity contribution in [1.29, 1.82) is 0 Å². The summed E-state index contributed by atoms with van der Waals surface area (Å²) in [5, 5.41) is 13.4. The second kappa shape index (κ2) is 6.47. The van der Waals surface area contributed by atoms with Crippen molar-refractivity contribution >= 4 is 11.7 Å². The van der Waals surface area contributed by atoms with Crippen LogP contribution in [0, 0.1) is 5.92 Å². The van der Waals surface area contributed by atoms with E-state index in [1.807, 2.05) is 26.0 Å². The van der Waals surface area contributed by atoms with Gasteiger partial charge in [-0.15, -0.1) is 0 Å². The first-order valence-electron chi connectivity index (χ1n) is 7.00. The fraction of sp³-hybridized carbons (Fsp3) is 0.467. The molecular weight excluding hydrogens is 272 g/mol. The van der Waals surface area contributed by atoms with Crippen LogP contribution in [-0.4, -0.2) is 30.0 Å². The van der Waals surface area contributed by atoms with Gasteiger partial charge < -0.3 is 20.0 Å². The summed E-state index contributed by atoms with van der Waals surface area (Å²) in [5.41, 5.74) is 4.27. The number of carbonyl (C=O) groups is 1. The highest BCUT2D eigenvalue weighted by Crippen LogP contribution is 2.35. The minimum Gasteiger partial charge on any atom is -0.490 e. The lowest BCUT2D eigenvalue weighted by Gasteiger charge is -2.19. The topological polar surface area (TPSA) is 80.2 Å². The van der Waals surface area contributed by atoms with Gasteiger partial charge in [-0.2, -0.15) is 5.10 Å². The van der Waals surface area contributed by atoms with E-state index in [4.69, 9.17) is 9.47 Å². The molecule has 1 aromatic rings. The van der Waals surface area contributed by atoms with Gasteiger partial charge in [0, 0.05) is 0 Å². The molecule has 0 aromatic heterocycles. The average Bonchev–Trinajstić information content (AvgIpc) is 2.83. The number of nitrogens with zero attached hydrogens (tertiary/aromatic N) is 1. The van der Waals surface area contributed by atoms with E-state index in [1.165, 1.54) is 0 Å². The van der Waals surface area contributed by atoms with Gasteiger partial charge in [-0.3, -0.25) is 4.79 Å². The highest BCUT2D eigenvalue weighted by atomic mass is 16.5. The van der Waals surface area contributed by atoms with Crippen molar-refractivity contribution in [3.8, 4) is 11.5 Å². The summed E-state index contributed by atoms with van der Waals surface area (Å²) >= 11 is 0. The van der Waals surface area contributed by atoms with Gasteiger partial charge in [0.15, 0.2) is 11.5 Å². The fourth-order valence-electron chi connectivity index (χ4n) is 2.41. The Labute approximate surface area is 123 Å². The van der Waals surface area contributed by atoms with Crippen molar-refractivity contribution in [3.63, 3.8) is 0 Å². The van der Waals surface area contributed by atoms with Gasteiger partial charge in [-0.25, -0.2) is 0 Å². The maximum atomic E-state index is 11.4. The molecule has 0 saturated carbocycles. The lowest BCUT2D eigenvalue weighted by Crippen LogP contribution is -2.28. The van der Waals surface area contributed by atoms with Crippen LogP contribution < -0.4 is 14.9 Å². The van der Waals surface area contributed by atoms with Crippen LogP contribution in [0.5, 0.6) is 11.5 Å². The number of benzene rings is 1. The van der Waals surface area contributed by atoms with Crippen LogP contribution in [0.25, 0.3) is 0 Å². The molecule has 2 unspecified atom stereocenters. The lowest BCUT2D eigenvalue weighted by molar-refractivity contribution is -0.139. The van der Waals surface area contributed by atoms with Crippen molar-refractivity contribution in [3.05, 3.63) is 23.8 Å². The van der Waals surface area contributed by atoms with E-state index >= 15 is 0 Å². The smallest absolute Gasteiger partial charge is 0.314 e. The SMILES string of the molecule is CCOc1ccc(C2NN=C(C)C2C(=O)O)cc1OCC. The zero-order chi connectivity index (χ0) is 15.4. The molecule has 0 bridgehead atoms. The summed E-state index contributed by atoms with van der Waals surface area (Å²) in [7, 11) is 0. The third kappa shape index (κ3) is 3.09. The number of hydrazone groups is 1. The molecular formula is C15H20N2O4. The number of carboxylic acids is 1. The standard InChI is InChI=1S/C15H20N2O4/c1-4-20-11-7-6-10(8-12(11)21-5-2)14-13(15(18)19)9(3)16-17-14/h6-8,13-14,17H,4-5H2,1-3H3,(H,18,19). The van der Waals surface area contributed by atoms with E-state index in [1.54, 1.807) is 13.0 Å². The van der Waals surface area contributed by atoms with Gasteiger partial charge in [0.05, 0.1) is 25.0 Å². The number of ether oxygens (including phenoxy) is 2. The van der Waals surface area contributed by atoms with E-state index in [0.717, 1.165) is 5.56 Å². The molecule has 1 aliphatic heterocycles. The van der Waals surface area contributed by atoms with E-state index in [9.17, 15) is 9.90 Å². The van der Waals surface area contributed by atoms with Crippen molar-refractivity contribution in [2.24, 2.45) is 11.0 Å². The van der Waals surface area contributed by atoms with Crippen LogP contribution in [0.2, 0.25) is 0 Å². The van der Waals surface area contributed by atoms with Crippen molar-refractivity contribution in [2.75, 3.05) is 13.2 Å². The van der Waals surface area contributed by atoms with Gasteiger partial charge in [0.1, 0.15) is 5.92 Å². The average molecular weight is 292 g/mol. The third-order valence-corrected chi connectivity index (χ3v) is 3.36. The predicted octanol–water partition coefficient (Wildman–Crippen LogP) is 2.21. The summed E-state index contributed by atoms with van der Waals surface area (Å²) in [4.78, 5) is 11.4. The quantitative estimate of drug-likeness (QED) is 0.840. The zero-order valence-electron chi connectivity index (χ0n) is 12.4. The van der Waals surface area contributed by atoms with Gasteiger partial charge in [0.2, 0.25) is 0 Å². The van der Waals surface area contributed by atoms with Crippen molar-refractivity contribution in [2.45, 2.75) is 26.8 Å². The number of aliphatic carboxylic acids is 1. The molecule has 2 atom stereocenters. The van der Waals surface area contributed by atoms with Gasteiger partial charge in [-0.1, -0.05) is 6.07 Å². The Morgan fingerprint density at radius 3 is 2.57 bits per heavy atom. The van der Waals surface area contributed by atoms with Crippen molar-refractivity contribution in [1.82, 2.24) is 5.43 Å². The minimum atomic E-state index is -0.891. The Bertz CT molecular complexity index is 557. The molecule has 21 heavy (non-hydrogen) atoms. The number of hydrogen-bond acceptors (Lipinski definition) is 5. The summed E-state index contributed by atoms with van der Waals surface area (Å²) in [6, 6.07) is 5.07. The lowest BCUT2D eigenvalue weighted by atomic mass is 9.91. The van der Waals surface area contributed by atoms with Gasteiger partial charge in [0.25, 0.3) is 0 Å². The molecule has 0 radical (unpaired) electrons. The molecule has 0 saturated heterocycles. The Balaban J connectivity index is 2.32. The molecule has 1 aromatic carbocycles. The van der Waals surface area contributed by atoms with Crippen LogP contribution in [0.4, 0.5) is 0 Å². The van der Waals surface area contributed by atoms with E-state index in [0.29, 0.717) is 30.4 Å². The molecule has 0 amide bonds. The first kappa shape index (κ1) is 15.2. The highest BCUT2D eigenvalue weighted by molar-refractivity contribution is 6.02. The Kier molecular flexibility index (Phi) is 4.67. The summed E-state index contributed by atoms with van der Waals surface area (Å²) in [6.45, 7) is 6.56. The second-order valence-electron chi connectivity index (χ2n) is 4.75. The van der Waals surface area contributed by atoms with Gasteiger partial charge >= 0.3 is 5.97 Å². The molecule has 6 nitrogen and oxygen atoms in total. The Hall–Kier alpha value is -2.24. The van der Waals surface area contributed by atoms with E-state index < -0.39 is 17.9 Å². The minimum absolute atomic E-state index is 0.391. The second-order valence-corrected chi connectivity index (χ2v) is 4.75. The first-order valence-corrected chi connectivity index (χ1v) is 7.00. The summed E-state index contributed by atoms with van der Waals surface area (Å²) < 4.78 is 11.1. The Morgan fingerprint density at radius 2 is 1.95 bits per heavy atom. The number of rotatable bonds is 6. The highest BCUT2D eigenvalue weighted by Gasteiger charge is 2.36. The fourth-order valence-corrected chi connectivity index (χ4v) is 2.41. The summed E-state index contributed by atoms with van der Waals surface area (Å²) in [6.07, 6.45) is 0. The van der Waals surface area contributed by atoms with Crippen molar-refractivity contribution < 1.29 is 19.4 Å². The maximum Gasteiger partial charge on any atom is 0.314 e. The van der Waals surface area contributed by atoms with Gasteiger partial charge in [-0.05, 0) is 38.5 Å². The summed E-state index contributed by atoms with van der Waals surface area (Å²) in [5.74, 6) is -0.284. The molecule has 0 aliphatic carbocycles. The molecule has 2 rings (SSSR count). The van der Waals surface area contributed by atoms with Crippen LogP contribution in [0.3, 0.4) is 0 Å². The number of hydrogen-bond donors (Lipinski definition) is 2. The van der Waals surface area contributed by atoms with Crippen LogP contribution in [-0.2, 0) is 4.79 Å². The van der Waals surface area contributed by atoms with E-state index in [-0.39, 0.29) is 0 Å². The Morgan fingerprint density at radius 1 is 1.29 bits per heavy atom. The van der Waals surface area contributed by atoms with Crippen LogP contribution in [0.1, 0.15) is 32.4 Å². The molecule has 0 spiro atoms. The monoisotopic (exact) mass is 292 g/mol. The molecule has 0 fully saturated rings. The first-order chi connectivity index (χ1) is 10.1. The van der Waals surface area contributed by atoms with Crippen LogP contribution >= 0.6 is 0 Å². The number of carboxylic acid groups (broad SMARTS) is 1. The number of nitrogens with one attached hydrogen (secondary N) is 1. The normalized spacial score (nSPS) is 20.6. The maximum absolute atomic E-state index is 11.4. The largest absolute Gasteiger partial charge is 0.490 e. The molecule has 6 heteroatoms.